The Labute approximate surface area is 181 Å². The normalized spacial score (nSPS) is 14.9. The number of benzene rings is 2. The van der Waals surface area contributed by atoms with E-state index in [9.17, 15) is 14.4 Å². The van der Waals surface area contributed by atoms with Crippen LogP contribution in [0.15, 0.2) is 48.5 Å². The van der Waals surface area contributed by atoms with Gasteiger partial charge in [0.25, 0.3) is 0 Å². The van der Waals surface area contributed by atoms with Crippen molar-refractivity contribution in [2.24, 2.45) is 0 Å². The van der Waals surface area contributed by atoms with Crippen LogP contribution in [0.1, 0.15) is 31.7 Å². The number of nitrogens with one attached hydrogen (secondary N) is 2. The second-order valence-electron chi connectivity index (χ2n) is 7.41. The van der Waals surface area contributed by atoms with Gasteiger partial charge in [-0.15, -0.1) is 11.8 Å². The molecule has 1 unspecified atom stereocenters. The number of carbonyl (C=O) groups excluding carboxylic acids is 3. The summed E-state index contributed by atoms with van der Waals surface area (Å²) in [6.07, 6.45) is 2.48. The number of nitrogens with zero attached hydrogens (tertiary/aromatic N) is 1. The van der Waals surface area contributed by atoms with E-state index in [1.807, 2.05) is 49.4 Å². The Balaban J connectivity index is 1.50. The van der Waals surface area contributed by atoms with E-state index in [1.54, 1.807) is 17.9 Å². The number of rotatable bonds is 7. The van der Waals surface area contributed by atoms with E-state index in [2.05, 4.69) is 10.6 Å². The highest BCUT2D eigenvalue weighted by Crippen LogP contribution is 2.24. The molecule has 1 fully saturated rings. The van der Waals surface area contributed by atoms with Gasteiger partial charge >= 0.3 is 0 Å². The summed E-state index contributed by atoms with van der Waals surface area (Å²) >= 11 is 1.28. The molecule has 1 atom stereocenters. The molecule has 3 amide bonds. The molecule has 1 heterocycles. The number of amides is 3. The summed E-state index contributed by atoms with van der Waals surface area (Å²) in [4.78, 5) is 38.6. The Hall–Kier alpha value is -2.80. The van der Waals surface area contributed by atoms with E-state index in [4.69, 9.17) is 0 Å². The summed E-state index contributed by atoms with van der Waals surface area (Å²) < 4.78 is 0. The molecule has 2 N–H and O–H groups in total. The minimum atomic E-state index is -0.394. The molecule has 0 radical (unpaired) electrons. The van der Waals surface area contributed by atoms with Crippen LogP contribution in [0.25, 0.3) is 0 Å². The average molecular weight is 426 g/mol. The van der Waals surface area contributed by atoms with Crippen molar-refractivity contribution in [2.75, 3.05) is 27.8 Å². The molecule has 158 valence electrons. The van der Waals surface area contributed by atoms with E-state index >= 15 is 0 Å². The van der Waals surface area contributed by atoms with Gasteiger partial charge in [0.05, 0.1) is 11.0 Å². The highest BCUT2D eigenvalue weighted by Gasteiger charge is 2.20. The second-order valence-corrected chi connectivity index (χ2v) is 8.74. The molecule has 1 saturated heterocycles. The molecule has 0 aromatic heterocycles. The molecule has 1 aliphatic rings. The lowest BCUT2D eigenvalue weighted by Gasteiger charge is -2.27. The Morgan fingerprint density at radius 3 is 2.57 bits per heavy atom. The molecular formula is C23H27N3O3S. The molecule has 0 saturated carbocycles. The summed E-state index contributed by atoms with van der Waals surface area (Å²) in [5.74, 6) is -0.0160. The van der Waals surface area contributed by atoms with Crippen LogP contribution in [0.2, 0.25) is 0 Å². The first-order chi connectivity index (χ1) is 14.4. The summed E-state index contributed by atoms with van der Waals surface area (Å²) in [6.45, 7) is 4.47. The van der Waals surface area contributed by atoms with Gasteiger partial charge < -0.3 is 15.5 Å². The summed E-state index contributed by atoms with van der Waals surface area (Å²) in [7, 11) is 0. The maximum absolute atomic E-state index is 12.5. The third-order valence-corrected chi connectivity index (χ3v) is 6.06. The van der Waals surface area contributed by atoms with Crippen molar-refractivity contribution >= 4 is 46.5 Å². The molecule has 3 rings (SSSR count). The molecular weight excluding hydrogens is 398 g/mol. The van der Waals surface area contributed by atoms with Crippen molar-refractivity contribution in [3.8, 4) is 0 Å². The maximum atomic E-state index is 12.5. The number of carbonyl (C=O) groups is 3. The molecule has 1 aliphatic heterocycles. The van der Waals surface area contributed by atoms with Crippen LogP contribution in [0.5, 0.6) is 0 Å². The molecule has 30 heavy (non-hydrogen) atoms. The van der Waals surface area contributed by atoms with Crippen molar-refractivity contribution in [3.63, 3.8) is 0 Å². The standard InChI is InChI=1S/C23H27N3O3S/c1-16-9-11-18(12-10-16)24-21(27)15-30-17(2)23(29)25-19-6-5-7-20(14-19)26-13-4-3-8-22(26)28/h5-7,9-12,14,17H,3-4,8,13,15H2,1-2H3,(H,24,27)(H,25,29). The van der Waals surface area contributed by atoms with Crippen molar-refractivity contribution in [1.82, 2.24) is 0 Å². The highest BCUT2D eigenvalue weighted by atomic mass is 32.2. The van der Waals surface area contributed by atoms with E-state index in [-0.39, 0.29) is 23.5 Å². The lowest BCUT2D eigenvalue weighted by atomic mass is 10.1. The highest BCUT2D eigenvalue weighted by molar-refractivity contribution is 8.01. The average Bonchev–Trinajstić information content (AvgIpc) is 2.74. The third-order valence-electron chi connectivity index (χ3n) is 4.92. The molecule has 0 bridgehead atoms. The van der Waals surface area contributed by atoms with Crippen molar-refractivity contribution < 1.29 is 14.4 Å². The van der Waals surface area contributed by atoms with Gasteiger partial charge in [-0.1, -0.05) is 23.8 Å². The fraction of sp³-hybridized carbons (Fsp3) is 0.348. The Kier molecular flexibility index (Phi) is 7.52. The van der Waals surface area contributed by atoms with E-state index < -0.39 is 5.25 Å². The van der Waals surface area contributed by atoms with E-state index in [1.165, 1.54) is 11.8 Å². The van der Waals surface area contributed by atoms with Gasteiger partial charge in [-0.05, 0) is 57.0 Å². The summed E-state index contributed by atoms with van der Waals surface area (Å²) in [5.41, 5.74) is 3.32. The van der Waals surface area contributed by atoms with Gasteiger partial charge in [0, 0.05) is 30.0 Å². The maximum Gasteiger partial charge on any atom is 0.237 e. The summed E-state index contributed by atoms with van der Waals surface area (Å²) in [5, 5.41) is 5.32. The van der Waals surface area contributed by atoms with Crippen LogP contribution in [0.3, 0.4) is 0 Å². The second kappa shape index (κ2) is 10.3. The molecule has 2 aromatic rings. The molecule has 6 nitrogen and oxygen atoms in total. The van der Waals surface area contributed by atoms with Gasteiger partial charge in [0.1, 0.15) is 0 Å². The number of hydrogen-bond donors (Lipinski definition) is 2. The smallest absolute Gasteiger partial charge is 0.237 e. The lowest BCUT2D eigenvalue weighted by Crippen LogP contribution is -2.35. The fourth-order valence-corrected chi connectivity index (χ4v) is 3.87. The van der Waals surface area contributed by atoms with Gasteiger partial charge in [0.15, 0.2) is 0 Å². The zero-order valence-electron chi connectivity index (χ0n) is 17.3. The number of piperidine rings is 1. The van der Waals surface area contributed by atoms with E-state index in [0.717, 1.165) is 29.8 Å². The first-order valence-electron chi connectivity index (χ1n) is 10.1. The minimum absolute atomic E-state index is 0.119. The third kappa shape index (κ3) is 6.10. The SMILES string of the molecule is Cc1ccc(NC(=O)CSC(C)C(=O)Nc2cccc(N3CCCCC3=O)c2)cc1. The molecule has 7 heteroatoms. The van der Waals surface area contributed by atoms with Gasteiger partial charge in [0.2, 0.25) is 17.7 Å². The fourth-order valence-electron chi connectivity index (χ4n) is 3.18. The van der Waals surface area contributed by atoms with Crippen LogP contribution in [-0.4, -0.2) is 35.3 Å². The van der Waals surface area contributed by atoms with Crippen molar-refractivity contribution in [3.05, 3.63) is 54.1 Å². The van der Waals surface area contributed by atoms with Crippen LogP contribution < -0.4 is 15.5 Å². The zero-order chi connectivity index (χ0) is 21.5. The number of anilines is 3. The first kappa shape index (κ1) is 21.9. The van der Waals surface area contributed by atoms with E-state index in [0.29, 0.717) is 18.7 Å². The van der Waals surface area contributed by atoms with Crippen LogP contribution in [0, 0.1) is 6.92 Å². The van der Waals surface area contributed by atoms with Crippen LogP contribution in [0.4, 0.5) is 17.1 Å². The molecule has 0 spiro atoms. The Morgan fingerprint density at radius 2 is 1.83 bits per heavy atom. The number of hydrogen-bond acceptors (Lipinski definition) is 4. The van der Waals surface area contributed by atoms with Crippen LogP contribution in [-0.2, 0) is 14.4 Å². The van der Waals surface area contributed by atoms with Crippen molar-refractivity contribution in [2.45, 2.75) is 38.4 Å². The predicted molar refractivity (Wildman–Crippen MR) is 123 cm³/mol. The lowest BCUT2D eigenvalue weighted by molar-refractivity contribution is -0.119. The molecule has 0 aliphatic carbocycles. The first-order valence-corrected chi connectivity index (χ1v) is 11.2. The monoisotopic (exact) mass is 425 g/mol. The largest absolute Gasteiger partial charge is 0.325 e. The predicted octanol–water partition coefficient (Wildman–Crippen LogP) is 4.21. The van der Waals surface area contributed by atoms with Crippen molar-refractivity contribution in [1.29, 1.82) is 0 Å². The van der Waals surface area contributed by atoms with Crippen LogP contribution >= 0.6 is 11.8 Å². The minimum Gasteiger partial charge on any atom is -0.325 e. The zero-order valence-corrected chi connectivity index (χ0v) is 18.1. The number of aryl methyl sites for hydroxylation is 1. The van der Waals surface area contributed by atoms with Gasteiger partial charge in [-0.3, -0.25) is 14.4 Å². The Morgan fingerprint density at radius 1 is 1.07 bits per heavy atom. The van der Waals surface area contributed by atoms with Gasteiger partial charge in [-0.25, -0.2) is 0 Å². The Bertz CT molecular complexity index is 914. The quantitative estimate of drug-likeness (QED) is 0.697. The summed E-state index contributed by atoms with van der Waals surface area (Å²) in [6, 6.07) is 14.9. The number of thioether (sulfide) groups is 1. The molecule has 2 aromatic carbocycles. The van der Waals surface area contributed by atoms with Gasteiger partial charge in [-0.2, -0.15) is 0 Å². The topological polar surface area (TPSA) is 78.5 Å².